The smallest absolute Gasteiger partial charge is 0.191 e. The third kappa shape index (κ3) is 4.65. The predicted octanol–water partition coefficient (Wildman–Crippen LogP) is 3.32. The number of hydrogen-bond donors (Lipinski definition) is 2. The van der Waals surface area contributed by atoms with E-state index < -0.39 is 0 Å². The van der Waals surface area contributed by atoms with E-state index in [1.807, 2.05) is 13.2 Å². The van der Waals surface area contributed by atoms with Crippen molar-refractivity contribution in [3.05, 3.63) is 23.9 Å². The van der Waals surface area contributed by atoms with Crippen molar-refractivity contribution in [1.29, 1.82) is 0 Å². The highest BCUT2D eigenvalue weighted by Gasteiger charge is 2.31. The maximum atomic E-state index is 4.53. The number of pyridine rings is 1. The van der Waals surface area contributed by atoms with Crippen LogP contribution in [0.2, 0.25) is 0 Å². The first kappa shape index (κ1) is 18.0. The summed E-state index contributed by atoms with van der Waals surface area (Å²) in [5.74, 6) is 2.01. The lowest BCUT2D eigenvalue weighted by Crippen LogP contribution is -2.42. The van der Waals surface area contributed by atoms with Crippen LogP contribution in [0.4, 0.5) is 5.82 Å². The van der Waals surface area contributed by atoms with Crippen molar-refractivity contribution in [1.82, 2.24) is 15.6 Å². The summed E-state index contributed by atoms with van der Waals surface area (Å²) in [6.45, 7) is 6.39. The molecule has 0 spiro atoms. The third-order valence-electron chi connectivity index (χ3n) is 5.97. The van der Waals surface area contributed by atoms with E-state index >= 15 is 0 Å². The van der Waals surface area contributed by atoms with Gasteiger partial charge in [-0.3, -0.25) is 4.99 Å². The molecule has 0 unspecified atom stereocenters. The average Bonchev–Trinajstić information content (AvgIpc) is 3.35. The number of nitrogens with zero attached hydrogens (tertiary/aromatic N) is 3. The van der Waals surface area contributed by atoms with Gasteiger partial charge in [0.15, 0.2) is 5.96 Å². The Labute approximate surface area is 152 Å². The molecule has 3 rings (SSSR count). The summed E-state index contributed by atoms with van der Waals surface area (Å²) < 4.78 is 0. The molecule has 25 heavy (non-hydrogen) atoms. The van der Waals surface area contributed by atoms with E-state index in [0.717, 1.165) is 38.0 Å². The first-order valence-corrected chi connectivity index (χ1v) is 9.89. The van der Waals surface area contributed by atoms with Crippen molar-refractivity contribution in [2.45, 2.75) is 58.4 Å². The highest BCUT2D eigenvalue weighted by atomic mass is 15.2. The van der Waals surface area contributed by atoms with Crippen LogP contribution in [0, 0.1) is 5.41 Å². The summed E-state index contributed by atoms with van der Waals surface area (Å²) in [6.07, 6.45) is 11.2. The van der Waals surface area contributed by atoms with Crippen molar-refractivity contribution >= 4 is 11.8 Å². The summed E-state index contributed by atoms with van der Waals surface area (Å²) in [5.41, 5.74) is 1.72. The van der Waals surface area contributed by atoms with Gasteiger partial charge in [-0.15, -0.1) is 0 Å². The van der Waals surface area contributed by atoms with Crippen LogP contribution in [-0.4, -0.2) is 37.6 Å². The van der Waals surface area contributed by atoms with Gasteiger partial charge in [-0.2, -0.15) is 0 Å². The number of aromatic nitrogens is 1. The van der Waals surface area contributed by atoms with Gasteiger partial charge in [0, 0.05) is 39.4 Å². The molecule has 5 heteroatoms. The minimum atomic E-state index is 0.469. The van der Waals surface area contributed by atoms with Crippen molar-refractivity contribution in [2.24, 2.45) is 10.4 Å². The van der Waals surface area contributed by atoms with Crippen LogP contribution in [-0.2, 0) is 6.54 Å². The van der Waals surface area contributed by atoms with Crippen molar-refractivity contribution in [3.8, 4) is 0 Å². The molecule has 1 aromatic rings. The van der Waals surface area contributed by atoms with Gasteiger partial charge in [0.05, 0.1) is 0 Å². The molecule has 0 bridgehead atoms. The molecule has 5 nitrogen and oxygen atoms in total. The predicted molar refractivity (Wildman–Crippen MR) is 105 cm³/mol. The van der Waals surface area contributed by atoms with Gasteiger partial charge in [-0.25, -0.2) is 4.98 Å². The molecule has 1 aliphatic carbocycles. The molecule has 1 aliphatic heterocycles. The Kier molecular flexibility index (Phi) is 6.16. The van der Waals surface area contributed by atoms with Crippen LogP contribution in [0.25, 0.3) is 0 Å². The van der Waals surface area contributed by atoms with E-state index in [1.165, 1.54) is 50.5 Å². The van der Waals surface area contributed by atoms with Crippen LogP contribution in [0.3, 0.4) is 0 Å². The third-order valence-corrected chi connectivity index (χ3v) is 5.97. The van der Waals surface area contributed by atoms with E-state index in [9.17, 15) is 0 Å². The van der Waals surface area contributed by atoms with E-state index in [0.29, 0.717) is 5.41 Å². The van der Waals surface area contributed by atoms with Crippen molar-refractivity contribution in [2.75, 3.05) is 31.6 Å². The van der Waals surface area contributed by atoms with E-state index in [2.05, 4.69) is 44.6 Å². The fraction of sp³-hybridized carbons (Fsp3) is 0.700. The van der Waals surface area contributed by atoms with Crippen molar-refractivity contribution in [3.63, 3.8) is 0 Å². The second kappa shape index (κ2) is 8.54. The summed E-state index contributed by atoms with van der Waals surface area (Å²) in [6, 6.07) is 4.29. The van der Waals surface area contributed by atoms with Gasteiger partial charge < -0.3 is 15.5 Å². The Balaban J connectivity index is 1.52. The molecule has 1 saturated heterocycles. The monoisotopic (exact) mass is 343 g/mol. The summed E-state index contributed by atoms with van der Waals surface area (Å²) in [7, 11) is 1.85. The fourth-order valence-electron chi connectivity index (χ4n) is 4.15. The normalized spacial score (nSPS) is 20.1. The number of nitrogens with one attached hydrogen (secondary N) is 2. The minimum absolute atomic E-state index is 0.469. The fourth-order valence-corrected chi connectivity index (χ4v) is 4.15. The molecular weight excluding hydrogens is 310 g/mol. The highest BCUT2D eigenvalue weighted by Crippen LogP contribution is 2.40. The Hall–Kier alpha value is -1.78. The minimum Gasteiger partial charge on any atom is -0.357 e. The van der Waals surface area contributed by atoms with Crippen LogP contribution < -0.4 is 15.5 Å². The Morgan fingerprint density at radius 1 is 1.20 bits per heavy atom. The molecule has 0 radical (unpaired) electrons. The topological polar surface area (TPSA) is 52.6 Å². The second-order valence-corrected chi connectivity index (χ2v) is 7.56. The molecule has 138 valence electrons. The summed E-state index contributed by atoms with van der Waals surface area (Å²) >= 11 is 0. The number of aliphatic imine (C=N–C) groups is 1. The molecular formula is C20H33N5. The first-order valence-electron chi connectivity index (χ1n) is 9.89. The molecule has 0 amide bonds. The molecule has 0 aromatic carbocycles. The molecule has 2 fully saturated rings. The Morgan fingerprint density at radius 2 is 1.96 bits per heavy atom. The van der Waals surface area contributed by atoms with Gasteiger partial charge in [0.2, 0.25) is 0 Å². The van der Waals surface area contributed by atoms with Gasteiger partial charge in [0.1, 0.15) is 5.82 Å². The zero-order valence-corrected chi connectivity index (χ0v) is 15.9. The highest BCUT2D eigenvalue weighted by molar-refractivity contribution is 5.79. The molecule has 1 aromatic heterocycles. The molecule has 2 heterocycles. The van der Waals surface area contributed by atoms with Gasteiger partial charge in [-0.1, -0.05) is 19.8 Å². The van der Waals surface area contributed by atoms with Gasteiger partial charge in [-0.05, 0) is 55.2 Å². The van der Waals surface area contributed by atoms with E-state index in [1.54, 1.807) is 0 Å². The zero-order chi connectivity index (χ0) is 17.5. The number of rotatable bonds is 6. The number of guanidine groups is 1. The van der Waals surface area contributed by atoms with Crippen LogP contribution in [0.1, 0.15) is 57.4 Å². The zero-order valence-electron chi connectivity index (χ0n) is 15.9. The van der Waals surface area contributed by atoms with Crippen LogP contribution in [0.15, 0.2) is 23.3 Å². The lowest BCUT2D eigenvalue weighted by molar-refractivity contribution is 0.283. The SMILES string of the molecule is CCC1(CNC(=NC)NCc2ccnc(N3CCCC3)c2)CCCC1. The van der Waals surface area contributed by atoms with E-state index in [4.69, 9.17) is 0 Å². The molecule has 2 aliphatic rings. The van der Waals surface area contributed by atoms with Crippen molar-refractivity contribution < 1.29 is 0 Å². The van der Waals surface area contributed by atoms with Gasteiger partial charge in [0.25, 0.3) is 0 Å². The number of anilines is 1. The lowest BCUT2D eigenvalue weighted by atomic mass is 9.83. The van der Waals surface area contributed by atoms with E-state index in [-0.39, 0.29) is 0 Å². The van der Waals surface area contributed by atoms with Crippen LogP contribution in [0.5, 0.6) is 0 Å². The lowest BCUT2D eigenvalue weighted by Gasteiger charge is -2.28. The molecule has 1 saturated carbocycles. The summed E-state index contributed by atoms with van der Waals surface area (Å²) in [5, 5.41) is 7.02. The largest absolute Gasteiger partial charge is 0.357 e. The Morgan fingerprint density at radius 3 is 2.64 bits per heavy atom. The average molecular weight is 344 g/mol. The first-order chi connectivity index (χ1) is 12.2. The molecule has 0 atom stereocenters. The Bertz CT molecular complexity index is 571. The maximum Gasteiger partial charge on any atom is 0.191 e. The standard InChI is InChI=1S/C20H33N5/c1-3-20(9-4-5-10-20)16-24-19(21-2)23-15-17-8-11-22-18(14-17)25-12-6-7-13-25/h8,11,14H,3-7,9-10,12-13,15-16H2,1-2H3,(H2,21,23,24). The summed E-state index contributed by atoms with van der Waals surface area (Å²) in [4.78, 5) is 11.3. The van der Waals surface area contributed by atoms with Crippen LogP contribution >= 0.6 is 0 Å². The number of hydrogen-bond acceptors (Lipinski definition) is 3. The van der Waals surface area contributed by atoms with Gasteiger partial charge >= 0.3 is 0 Å². The quantitative estimate of drug-likeness (QED) is 0.614. The molecule has 2 N–H and O–H groups in total. The second-order valence-electron chi connectivity index (χ2n) is 7.56. The maximum absolute atomic E-state index is 4.53.